The van der Waals surface area contributed by atoms with E-state index >= 15 is 0 Å². The summed E-state index contributed by atoms with van der Waals surface area (Å²) in [5.41, 5.74) is 0.702. The molecule has 5 nitrogen and oxygen atoms in total. The van der Waals surface area contributed by atoms with Crippen LogP contribution in [0.1, 0.15) is 16.5 Å². The molecule has 6 heteroatoms. The van der Waals surface area contributed by atoms with Crippen LogP contribution in [0.5, 0.6) is 5.75 Å². The van der Waals surface area contributed by atoms with Gasteiger partial charge in [-0.1, -0.05) is 18.2 Å². The molecular formula is C15H18N2O3S. The van der Waals surface area contributed by atoms with Gasteiger partial charge in [-0.3, -0.25) is 0 Å². The molecule has 1 unspecified atom stereocenters. The van der Waals surface area contributed by atoms with Crippen molar-refractivity contribution in [2.24, 2.45) is 0 Å². The lowest BCUT2D eigenvalue weighted by atomic mass is 10.1. The van der Waals surface area contributed by atoms with Gasteiger partial charge in [0, 0.05) is 11.4 Å². The molecule has 0 aliphatic rings. The fraction of sp³-hybridized carbons (Fsp3) is 0.267. The molecule has 2 amide bonds. The van der Waals surface area contributed by atoms with Gasteiger partial charge >= 0.3 is 6.03 Å². The van der Waals surface area contributed by atoms with Gasteiger partial charge in [-0.15, -0.1) is 11.3 Å². The van der Waals surface area contributed by atoms with Gasteiger partial charge < -0.3 is 20.5 Å². The normalized spacial score (nSPS) is 11.7. The Labute approximate surface area is 127 Å². The highest BCUT2D eigenvalue weighted by Gasteiger charge is 2.10. The van der Waals surface area contributed by atoms with Gasteiger partial charge in [0.25, 0.3) is 0 Å². The molecule has 1 heterocycles. The smallest absolute Gasteiger partial charge is 0.315 e. The number of hydrogen-bond acceptors (Lipinski definition) is 4. The summed E-state index contributed by atoms with van der Waals surface area (Å²) in [6, 6.07) is 10.7. The van der Waals surface area contributed by atoms with Crippen LogP contribution in [0.2, 0.25) is 0 Å². The van der Waals surface area contributed by atoms with Crippen molar-refractivity contribution < 1.29 is 14.6 Å². The number of nitrogens with one attached hydrogen (secondary N) is 2. The first-order chi connectivity index (χ1) is 10.2. The lowest BCUT2D eigenvalue weighted by molar-refractivity contribution is 0.172. The molecule has 0 aliphatic carbocycles. The first-order valence-corrected chi connectivity index (χ1v) is 7.43. The molecule has 3 N–H and O–H groups in total. The van der Waals surface area contributed by atoms with Crippen LogP contribution in [0.15, 0.2) is 41.8 Å². The third-order valence-corrected chi connectivity index (χ3v) is 3.81. The molecule has 2 aromatic rings. The first kappa shape index (κ1) is 15.3. The van der Waals surface area contributed by atoms with Gasteiger partial charge in [0.05, 0.1) is 19.8 Å². The molecule has 2 rings (SSSR count). The summed E-state index contributed by atoms with van der Waals surface area (Å²) in [5.74, 6) is 0.675. The van der Waals surface area contributed by atoms with E-state index in [1.165, 1.54) is 0 Å². The monoisotopic (exact) mass is 306 g/mol. The number of rotatable bonds is 6. The van der Waals surface area contributed by atoms with Gasteiger partial charge in [0.15, 0.2) is 0 Å². The second kappa shape index (κ2) is 7.66. The Kier molecular flexibility index (Phi) is 5.59. The van der Waals surface area contributed by atoms with Gasteiger partial charge in [0.2, 0.25) is 0 Å². The summed E-state index contributed by atoms with van der Waals surface area (Å²) in [4.78, 5) is 12.7. The van der Waals surface area contributed by atoms with Crippen LogP contribution < -0.4 is 15.4 Å². The van der Waals surface area contributed by atoms with Crippen molar-refractivity contribution in [3.8, 4) is 5.75 Å². The van der Waals surface area contributed by atoms with Gasteiger partial charge in [-0.25, -0.2) is 4.79 Å². The van der Waals surface area contributed by atoms with Crippen molar-refractivity contribution in [1.82, 2.24) is 10.6 Å². The molecular weight excluding hydrogens is 288 g/mol. The maximum absolute atomic E-state index is 11.6. The fourth-order valence-corrected chi connectivity index (χ4v) is 2.44. The third-order valence-electron chi connectivity index (χ3n) is 2.94. The number of benzene rings is 1. The minimum absolute atomic E-state index is 0.142. The number of ether oxygens (including phenoxy) is 1. The molecule has 0 spiro atoms. The zero-order valence-corrected chi connectivity index (χ0v) is 12.5. The molecule has 0 saturated carbocycles. The van der Waals surface area contributed by atoms with E-state index in [1.807, 2.05) is 17.5 Å². The molecule has 0 aliphatic heterocycles. The molecule has 1 aromatic carbocycles. The van der Waals surface area contributed by atoms with E-state index in [4.69, 9.17) is 4.74 Å². The topological polar surface area (TPSA) is 70.6 Å². The predicted molar refractivity (Wildman–Crippen MR) is 82.5 cm³/mol. The van der Waals surface area contributed by atoms with Crippen LogP contribution >= 0.6 is 11.3 Å². The molecule has 0 bridgehead atoms. The fourth-order valence-electron chi connectivity index (χ4n) is 1.80. The van der Waals surface area contributed by atoms with Crippen LogP contribution in [0.3, 0.4) is 0 Å². The molecule has 112 valence electrons. The Morgan fingerprint density at radius 1 is 1.33 bits per heavy atom. The van der Waals surface area contributed by atoms with Gasteiger partial charge in [0.1, 0.15) is 5.75 Å². The van der Waals surface area contributed by atoms with E-state index in [1.54, 1.807) is 42.7 Å². The summed E-state index contributed by atoms with van der Waals surface area (Å²) >= 11 is 1.58. The highest BCUT2D eigenvalue weighted by Crippen LogP contribution is 2.18. The number of aliphatic hydroxyl groups is 1. The average molecular weight is 306 g/mol. The lowest BCUT2D eigenvalue weighted by Gasteiger charge is -2.13. The van der Waals surface area contributed by atoms with Crippen molar-refractivity contribution in [3.63, 3.8) is 0 Å². The highest BCUT2D eigenvalue weighted by atomic mass is 32.1. The second-order valence-corrected chi connectivity index (χ2v) is 5.47. The van der Waals surface area contributed by atoms with Gasteiger partial charge in [-0.05, 0) is 29.1 Å². The Bertz CT molecular complexity index is 572. The quantitative estimate of drug-likeness (QED) is 0.767. The molecule has 0 fully saturated rings. The summed E-state index contributed by atoms with van der Waals surface area (Å²) in [7, 11) is 1.57. The number of methoxy groups -OCH3 is 1. The molecule has 0 radical (unpaired) electrons. The number of amides is 2. The largest absolute Gasteiger partial charge is 0.497 e. The molecule has 1 atom stereocenters. The predicted octanol–water partition coefficient (Wildman–Crippen LogP) is 2.29. The number of carbonyl (C=O) groups excluding carboxylic acids is 1. The number of urea groups is 1. The minimum atomic E-state index is -0.771. The highest BCUT2D eigenvalue weighted by molar-refractivity contribution is 7.09. The number of carbonyl (C=O) groups is 1. The summed E-state index contributed by atoms with van der Waals surface area (Å²) in [6.07, 6.45) is -0.771. The van der Waals surface area contributed by atoms with Crippen molar-refractivity contribution in [2.45, 2.75) is 12.6 Å². The molecule has 21 heavy (non-hydrogen) atoms. The second-order valence-electron chi connectivity index (χ2n) is 4.44. The minimum Gasteiger partial charge on any atom is -0.497 e. The number of aliphatic hydroxyl groups excluding tert-OH is 1. The summed E-state index contributed by atoms with van der Waals surface area (Å²) in [6.45, 7) is 0.627. The molecule has 0 saturated heterocycles. The van der Waals surface area contributed by atoms with E-state index in [0.29, 0.717) is 17.9 Å². The third kappa shape index (κ3) is 4.77. The van der Waals surface area contributed by atoms with Crippen LogP contribution in [-0.4, -0.2) is 24.8 Å². The SMILES string of the molecule is COc1cccc(C(O)CNC(=O)NCc2cccs2)c1. The van der Waals surface area contributed by atoms with Crippen molar-refractivity contribution in [2.75, 3.05) is 13.7 Å². The Hall–Kier alpha value is -2.05. The van der Waals surface area contributed by atoms with E-state index in [-0.39, 0.29) is 12.6 Å². The Balaban J connectivity index is 1.77. The number of thiophene rings is 1. The summed E-state index contributed by atoms with van der Waals surface area (Å²) in [5, 5.41) is 17.4. The van der Waals surface area contributed by atoms with Crippen molar-refractivity contribution in [3.05, 3.63) is 52.2 Å². The summed E-state index contributed by atoms with van der Waals surface area (Å²) < 4.78 is 5.10. The van der Waals surface area contributed by atoms with E-state index < -0.39 is 6.10 Å². The van der Waals surface area contributed by atoms with Crippen LogP contribution in [0.25, 0.3) is 0 Å². The zero-order chi connectivity index (χ0) is 15.1. The number of hydrogen-bond donors (Lipinski definition) is 3. The van der Waals surface area contributed by atoms with Crippen molar-refractivity contribution in [1.29, 1.82) is 0 Å². The van der Waals surface area contributed by atoms with E-state index in [9.17, 15) is 9.90 Å². The van der Waals surface area contributed by atoms with Gasteiger partial charge in [-0.2, -0.15) is 0 Å². The standard InChI is InChI=1S/C15H18N2O3S/c1-20-12-5-2-4-11(8-12)14(18)10-17-15(19)16-9-13-6-3-7-21-13/h2-8,14,18H,9-10H2,1H3,(H2,16,17,19). The van der Waals surface area contributed by atoms with Crippen LogP contribution in [-0.2, 0) is 6.54 Å². The van der Waals surface area contributed by atoms with E-state index in [0.717, 1.165) is 4.88 Å². The lowest BCUT2D eigenvalue weighted by Crippen LogP contribution is -2.37. The Morgan fingerprint density at radius 3 is 2.90 bits per heavy atom. The zero-order valence-electron chi connectivity index (χ0n) is 11.7. The van der Waals surface area contributed by atoms with Crippen LogP contribution in [0.4, 0.5) is 4.79 Å². The van der Waals surface area contributed by atoms with E-state index in [2.05, 4.69) is 10.6 Å². The average Bonchev–Trinajstić information content (AvgIpc) is 3.04. The first-order valence-electron chi connectivity index (χ1n) is 6.55. The van der Waals surface area contributed by atoms with Crippen LogP contribution in [0, 0.1) is 0 Å². The van der Waals surface area contributed by atoms with Crippen molar-refractivity contribution >= 4 is 17.4 Å². The molecule has 1 aromatic heterocycles. The Morgan fingerprint density at radius 2 is 2.19 bits per heavy atom. The maximum atomic E-state index is 11.6. The maximum Gasteiger partial charge on any atom is 0.315 e.